The number of likely N-dealkylation sites (N-methyl/N-ethyl adjacent to an activating group) is 1. The maximum atomic E-state index is 13.7. The van der Waals surface area contributed by atoms with E-state index >= 15 is 0 Å². The zero-order chi connectivity index (χ0) is 12.3. The lowest BCUT2D eigenvalue weighted by molar-refractivity contribution is 0.172. The first-order valence-electron chi connectivity index (χ1n) is 5.67. The summed E-state index contributed by atoms with van der Waals surface area (Å²) in [6, 6.07) is 6.98. The fourth-order valence-electron chi connectivity index (χ4n) is 1.91. The molecule has 0 saturated carbocycles. The molecule has 0 aliphatic carbocycles. The summed E-state index contributed by atoms with van der Waals surface area (Å²) in [6.07, 6.45) is 0. The molecule has 0 aromatic heterocycles. The molecule has 3 heteroatoms. The van der Waals surface area contributed by atoms with Crippen LogP contribution in [0.1, 0.15) is 32.4 Å². The fraction of sp³-hybridized carbons (Fsp3) is 0.538. The van der Waals surface area contributed by atoms with Crippen LogP contribution in [0, 0.1) is 5.82 Å². The molecular formula is C13H21FN2. The zero-order valence-corrected chi connectivity index (χ0v) is 10.4. The Bertz CT molecular complexity index is 336. The third kappa shape index (κ3) is 2.80. The molecule has 1 aromatic rings. The van der Waals surface area contributed by atoms with Crippen LogP contribution in [0.25, 0.3) is 0 Å². The number of nitrogens with two attached hydrogens (primary N) is 1. The van der Waals surface area contributed by atoms with Gasteiger partial charge in [0.2, 0.25) is 0 Å². The molecule has 0 heterocycles. The highest BCUT2D eigenvalue weighted by molar-refractivity contribution is 5.22. The van der Waals surface area contributed by atoms with E-state index in [1.165, 1.54) is 6.07 Å². The lowest BCUT2D eigenvalue weighted by atomic mass is 9.98. The SMILES string of the molecule is CC(N)C(c1ccccc1F)N(C)C(C)C. The van der Waals surface area contributed by atoms with Crippen LogP contribution < -0.4 is 5.73 Å². The second-order valence-electron chi connectivity index (χ2n) is 4.58. The number of hydrogen-bond acceptors (Lipinski definition) is 2. The molecule has 0 radical (unpaired) electrons. The first-order valence-corrected chi connectivity index (χ1v) is 5.67. The second kappa shape index (κ2) is 5.41. The van der Waals surface area contributed by atoms with Crippen LogP contribution in [0.5, 0.6) is 0 Å². The van der Waals surface area contributed by atoms with Gasteiger partial charge in [-0.1, -0.05) is 18.2 Å². The van der Waals surface area contributed by atoms with Gasteiger partial charge in [-0.25, -0.2) is 4.39 Å². The minimum absolute atomic E-state index is 0.0822. The molecule has 1 aromatic carbocycles. The molecule has 2 nitrogen and oxygen atoms in total. The number of rotatable bonds is 4. The van der Waals surface area contributed by atoms with E-state index in [0.717, 1.165) is 0 Å². The number of hydrogen-bond donors (Lipinski definition) is 1. The van der Waals surface area contributed by atoms with E-state index < -0.39 is 0 Å². The fourth-order valence-corrected chi connectivity index (χ4v) is 1.91. The third-order valence-corrected chi connectivity index (χ3v) is 2.98. The Morgan fingerprint density at radius 2 is 1.75 bits per heavy atom. The molecule has 0 aliphatic rings. The van der Waals surface area contributed by atoms with Gasteiger partial charge in [-0.3, -0.25) is 4.90 Å². The monoisotopic (exact) mass is 224 g/mol. The summed E-state index contributed by atoms with van der Waals surface area (Å²) in [4.78, 5) is 2.10. The molecule has 0 aliphatic heterocycles. The smallest absolute Gasteiger partial charge is 0.128 e. The summed E-state index contributed by atoms with van der Waals surface area (Å²) in [5, 5.41) is 0. The molecule has 0 bridgehead atoms. The molecule has 2 N–H and O–H groups in total. The maximum Gasteiger partial charge on any atom is 0.128 e. The predicted octanol–water partition coefficient (Wildman–Crippen LogP) is 2.55. The van der Waals surface area contributed by atoms with Crippen molar-refractivity contribution in [3.63, 3.8) is 0 Å². The first-order chi connectivity index (χ1) is 7.45. The van der Waals surface area contributed by atoms with Crippen LogP contribution in [0.4, 0.5) is 4.39 Å². The number of nitrogens with zero attached hydrogens (tertiary/aromatic N) is 1. The zero-order valence-electron chi connectivity index (χ0n) is 10.4. The quantitative estimate of drug-likeness (QED) is 0.851. The first kappa shape index (κ1) is 13.1. The van der Waals surface area contributed by atoms with Crippen molar-refractivity contribution in [1.82, 2.24) is 4.90 Å². The highest BCUT2D eigenvalue weighted by atomic mass is 19.1. The van der Waals surface area contributed by atoms with E-state index in [-0.39, 0.29) is 17.9 Å². The van der Waals surface area contributed by atoms with Crippen LogP contribution in [-0.2, 0) is 0 Å². The average molecular weight is 224 g/mol. The average Bonchev–Trinajstić information content (AvgIpc) is 2.20. The predicted molar refractivity (Wildman–Crippen MR) is 65.7 cm³/mol. The van der Waals surface area contributed by atoms with Crippen molar-refractivity contribution in [3.8, 4) is 0 Å². The second-order valence-corrected chi connectivity index (χ2v) is 4.58. The highest BCUT2D eigenvalue weighted by Crippen LogP contribution is 2.26. The Hall–Kier alpha value is -0.930. The van der Waals surface area contributed by atoms with Crippen molar-refractivity contribution in [2.45, 2.75) is 38.9 Å². The summed E-state index contributed by atoms with van der Waals surface area (Å²) in [7, 11) is 1.98. The molecule has 16 heavy (non-hydrogen) atoms. The Morgan fingerprint density at radius 1 is 1.19 bits per heavy atom. The highest BCUT2D eigenvalue weighted by Gasteiger charge is 2.25. The summed E-state index contributed by atoms with van der Waals surface area (Å²) in [5.74, 6) is -0.183. The summed E-state index contributed by atoms with van der Waals surface area (Å²) < 4.78 is 13.7. The molecule has 90 valence electrons. The molecular weight excluding hydrogens is 203 g/mol. The van der Waals surface area contributed by atoms with Crippen molar-refractivity contribution in [2.24, 2.45) is 5.73 Å². The van der Waals surface area contributed by atoms with Gasteiger partial charge in [-0.05, 0) is 33.9 Å². The third-order valence-electron chi connectivity index (χ3n) is 2.98. The van der Waals surface area contributed by atoms with Crippen molar-refractivity contribution in [1.29, 1.82) is 0 Å². The van der Waals surface area contributed by atoms with Crippen LogP contribution >= 0.6 is 0 Å². The minimum atomic E-state index is -0.183. The van der Waals surface area contributed by atoms with Crippen LogP contribution in [0.15, 0.2) is 24.3 Å². The minimum Gasteiger partial charge on any atom is -0.326 e. The van der Waals surface area contributed by atoms with Crippen LogP contribution in [-0.4, -0.2) is 24.0 Å². The standard InChI is InChI=1S/C13H21FN2/c1-9(2)16(4)13(10(3)15)11-7-5-6-8-12(11)14/h5-10,13H,15H2,1-4H3. The van der Waals surface area contributed by atoms with E-state index in [1.54, 1.807) is 6.07 Å². The Kier molecular flexibility index (Phi) is 4.44. The van der Waals surface area contributed by atoms with Gasteiger partial charge in [0, 0.05) is 17.6 Å². The summed E-state index contributed by atoms with van der Waals surface area (Å²) >= 11 is 0. The van der Waals surface area contributed by atoms with Crippen molar-refractivity contribution in [3.05, 3.63) is 35.6 Å². The van der Waals surface area contributed by atoms with E-state index in [2.05, 4.69) is 18.7 Å². The van der Waals surface area contributed by atoms with Gasteiger partial charge in [0.15, 0.2) is 0 Å². The Labute approximate surface area is 97.3 Å². The maximum absolute atomic E-state index is 13.7. The molecule has 1 rings (SSSR count). The Balaban J connectivity index is 3.08. The van der Waals surface area contributed by atoms with Gasteiger partial charge in [0.1, 0.15) is 5.82 Å². The van der Waals surface area contributed by atoms with Crippen LogP contribution in [0.2, 0.25) is 0 Å². The number of halogens is 1. The molecule has 0 saturated heterocycles. The van der Waals surface area contributed by atoms with Crippen molar-refractivity contribution < 1.29 is 4.39 Å². The van der Waals surface area contributed by atoms with Gasteiger partial charge in [0.25, 0.3) is 0 Å². The topological polar surface area (TPSA) is 29.3 Å². The Morgan fingerprint density at radius 3 is 2.19 bits per heavy atom. The van der Waals surface area contributed by atoms with Gasteiger partial charge < -0.3 is 5.73 Å². The van der Waals surface area contributed by atoms with Crippen molar-refractivity contribution >= 4 is 0 Å². The van der Waals surface area contributed by atoms with Crippen LogP contribution in [0.3, 0.4) is 0 Å². The molecule has 0 amide bonds. The van der Waals surface area contributed by atoms with E-state index in [4.69, 9.17) is 5.73 Å². The molecule has 0 spiro atoms. The molecule has 2 atom stereocenters. The molecule has 0 fully saturated rings. The van der Waals surface area contributed by atoms with Crippen molar-refractivity contribution in [2.75, 3.05) is 7.05 Å². The normalized spacial score (nSPS) is 15.5. The van der Waals surface area contributed by atoms with Gasteiger partial charge >= 0.3 is 0 Å². The summed E-state index contributed by atoms with van der Waals surface area (Å²) in [5.41, 5.74) is 6.64. The summed E-state index contributed by atoms with van der Waals surface area (Å²) in [6.45, 7) is 6.07. The molecule has 2 unspecified atom stereocenters. The van der Waals surface area contributed by atoms with Gasteiger partial charge in [-0.2, -0.15) is 0 Å². The van der Waals surface area contributed by atoms with E-state index in [0.29, 0.717) is 11.6 Å². The van der Waals surface area contributed by atoms with E-state index in [9.17, 15) is 4.39 Å². The number of benzene rings is 1. The van der Waals surface area contributed by atoms with Gasteiger partial charge in [-0.15, -0.1) is 0 Å². The van der Waals surface area contributed by atoms with Gasteiger partial charge in [0.05, 0.1) is 6.04 Å². The van der Waals surface area contributed by atoms with E-state index in [1.807, 2.05) is 26.1 Å². The lowest BCUT2D eigenvalue weighted by Gasteiger charge is -2.34. The largest absolute Gasteiger partial charge is 0.326 e. The lowest BCUT2D eigenvalue weighted by Crippen LogP contribution is -2.41.